The van der Waals surface area contributed by atoms with Crippen LogP contribution in [0.3, 0.4) is 0 Å². The number of ketones is 1. The van der Waals surface area contributed by atoms with E-state index in [0.29, 0.717) is 37.5 Å². The maximum atomic E-state index is 14.0. The minimum absolute atomic E-state index is 0.00794. The maximum absolute atomic E-state index is 14.0. The number of amides is 2. The van der Waals surface area contributed by atoms with E-state index >= 15 is 0 Å². The van der Waals surface area contributed by atoms with E-state index in [4.69, 9.17) is 9.47 Å². The van der Waals surface area contributed by atoms with E-state index in [-0.39, 0.29) is 30.3 Å². The average Bonchev–Trinajstić information content (AvgIpc) is 3.38. The van der Waals surface area contributed by atoms with Crippen LogP contribution in [0.1, 0.15) is 80.1 Å². The van der Waals surface area contributed by atoms with Crippen molar-refractivity contribution in [3.05, 3.63) is 35.4 Å². The summed E-state index contributed by atoms with van der Waals surface area (Å²) in [5.41, 5.74) is 0.883. The molecule has 2 saturated carbocycles. The van der Waals surface area contributed by atoms with Gasteiger partial charge in [0, 0.05) is 18.2 Å². The number of nitrogens with zero attached hydrogens (tertiary/aromatic N) is 2. The SMILES string of the molecule is CCO[C@H]1CN(C(=O)C2(NC(=O)c3ccc(C4CCN(C5CC5)CC4)cc3)CCCC2)[C@@H]2C(=O)CO[C@H]12. The Bertz CT molecular complexity index is 1020. The first-order valence-electron chi connectivity index (χ1n) is 14.2. The summed E-state index contributed by atoms with van der Waals surface area (Å²) in [7, 11) is 0. The quantitative estimate of drug-likeness (QED) is 0.608. The van der Waals surface area contributed by atoms with E-state index in [9.17, 15) is 14.4 Å². The van der Waals surface area contributed by atoms with Crippen LogP contribution in [0.25, 0.3) is 0 Å². The van der Waals surface area contributed by atoms with Crippen LogP contribution in [0.15, 0.2) is 24.3 Å². The van der Waals surface area contributed by atoms with Crippen LogP contribution in [-0.2, 0) is 19.1 Å². The monoisotopic (exact) mass is 509 g/mol. The summed E-state index contributed by atoms with van der Waals surface area (Å²) >= 11 is 0. The van der Waals surface area contributed by atoms with Gasteiger partial charge >= 0.3 is 0 Å². The Hall–Kier alpha value is -2.29. The van der Waals surface area contributed by atoms with Gasteiger partial charge in [-0.25, -0.2) is 0 Å². The molecule has 1 N–H and O–H groups in total. The van der Waals surface area contributed by atoms with Gasteiger partial charge in [-0.1, -0.05) is 25.0 Å². The molecule has 2 aliphatic carbocycles. The maximum Gasteiger partial charge on any atom is 0.252 e. The zero-order valence-electron chi connectivity index (χ0n) is 21.8. The highest BCUT2D eigenvalue weighted by molar-refractivity contribution is 6.01. The average molecular weight is 510 g/mol. The van der Waals surface area contributed by atoms with Gasteiger partial charge in [0.05, 0.1) is 6.54 Å². The second-order valence-corrected chi connectivity index (χ2v) is 11.5. The van der Waals surface area contributed by atoms with Crippen LogP contribution in [0.5, 0.6) is 0 Å². The summed E-state index contributed by atoms with van der Waals surface area (Å²) in [6.45, 7) is 5.05. The van der Waals surface area contributed by atoms with Gasteiger partial charge in [-0.15, -0.1) is 0 Å². The van der Waals surface area contributed by atoms with Crippen molar-refractivity contribution < 1.29 is 23.9 Å². The molecule has 8 heteroatoms. The fourth-order valence-electron chi connectivity index (χ4n) is 7.06. The Labute approximate surface area is 219 Å². The molecule has 3 aliphatic heterocycles. The van der Waals surface area contributed by atoms with E-state index in [1.807, 2.05) is 19.1 Å². The molecule has 5 aliphatic rings. The lowest BCUT2D eigenvalue weighted by Crippen LogP contribution is -2.60. The highest BCUT2D eigenvalue weighted by Crippen LogP contribution is 2.38. The first-order valence-corrected chi connectivity index (χ1v) is 14.2. The van der Waals surface area contributed by atoms with Gasteiger partial charge in [0.2, 0.25) is 5.91 Å². The van der Waals surface area contributed by atoms with Crippen molar-refractivity contribution in [1.82, 2.24) is 15.1 Å². The van der Waals surface area contributed by atoms with Gasteiger partial charge in [-0.05, 0) is 82.2 Å². The number of fused-ring (bicyclic) bond motifs is 1. The molecular weight excluding hydrogens is 470 g/mol. The molecule has 0 radical (unpaired) electrons. The number of benzene rings is 1. The molecule has 3 saturated heterocycles. The number of hydrogen-bond acceptors (Lipinski definition) is 6. The van der Waals surface area contributed by atoms with E-state index in [1.165, 1.54) is 31.2 Å². The lowest BCUT2D eigenvalue weighted by atomic mass is 9.88. The number of nitrogens with one attached hydrogen (secondary N) is 1. The third-order valence-electron chi connectivity index (χ3n) is 9.24. The van der Waals surface area contributed by atoms with Crippen molar-refractivity contribution in [3.63, 3.8) is 0 Å². The fourth-order valence-corrected chi connectivity index (χ4v) is 7.06. The van der Waals surface area contributed by atoms with Crippen LogP contribution in [0.4, 0.5) is 0 Å². The molecule has 1 aromatic rings. The molecule has 0 spiro atoms. The largest absolute Gasteiger partial charge is 0.374 e. The first-order chi connectivity index (χ1) is 18.0. The van der Waals surface area contributed by atoms with Gasteiger partial charge in [0.25, 0.3) is 5.91 Å². The van der Waals surface area contributed by atoms with Crippen molar-refractivity contribution in [1.29, 1.82) is 0 Å². The number of Topliss-reactive ketones (excluding diaryl/α,β-unsaturated/α-hetero) is 1. The van der Waals surface area contributed by atoms with E-state index in [2.05, 4.69) is 22.3 Å². The number of carbonyl (C=O) groups is 3. The number of rotatable bonds is 7. The van der Waals surface area contributed by atoms with Crippen LogP contribution in [0.2, 0.25) is 0 Å². The zero-order chi connectivity index (χ0) is 25.6. The molecule has 5 fully saturated rings. The molecule has 3 atom stereocenters. The summed E-state index contributed by atoms with van der Waals surface area (Å²) in [5.74, 6) is 0.0610. The predicted molar refractivity (Wildman–Crippen MR) is 137 cm³/mol. The van der Waals surface area contributed by atoms with Crippen molar-refractivity contribution >= 4 is 17.6 Å². The molecule has 0 unspecified atom stereocenters. The Morgan fingerprint density at radius 1 is 1.08 bits per heavy atom. The Morgan fingerprint density at radius 2 is 1.78 bits per heavy atom. The molecule has 8 nitrogen and oxygen atoms in total. The van der Waals surface area contributed by atoms with Crippen LogP contribution in [0, 0.1) is 0 Å². The third-order valence-corrected chi connectivity index (χ3v) is 9.24. The highest BCUT2D eigenvalue weighted by Gasteiger charge is 2.57. The molecular formula is C29H39N3O5. The van der Waals surface area contributed by atoms with E-state index in [1.54, 1.807) is 4.90 Å². The summed E-state index contributed by atoms with van der Waals surface area (Å²) < 4.78 is 11.5. The van der Waals surface area contributed by atoms with Crippen molar-refractivity contribution in [3.8, 4) is 0 Å². The van der Waals surface area contributed by atoms with E-state index in [0.717, 1.165) is 32.0 Å². The van der Waals surface area contributed by atoms with Crippen molar-refractivity contribution in [2.75, 3.05) is 32.8 Å². The standard InChI is InChI=1S/C29H39N3O5/c1-2-36-24-17-32(25-23(33)18-37-26(24)25)28(35)29(13-3-4-14-29)30-27(34)21-7-5-19(6-8-21)20-11-15-31(16-12-20)22-9-10-22/h5-8,20,22,24-26H,2-4,9-18H2,1H3,(H,30,34)/t24-,25+,26+/m0/s1. The zero-order valence-corrected chi connectivity index (χ0v) is 21.8. The number of likely N-dealkylation sites (tertiary alicyclic amines) is 2. The summed E-state index contributed by atoms with van der Waals surface area (Å²) in [4.78, 5) is 44.2. The number of carbonyl (C=O) groups excluding carboxylic acids is 3. The minimum Gasteiger partial charge on any atom is -0.374 e. The number of ether oxygens (including phenoxy) is 2. The van der Waals surface area contributed by atoms with E-state index < -0.39 is 17.7 Å². The third kappa shape index (κ3) is 4.72. The van der Waals surface area contributed by atoms with Gasteiger partial charge in [0.1, 0.15) is 30.4 Å². The van der Waals surface area contributed by atoms with Crippen molar-refractivity contribution in [2.45, 2.75) is 94.0 Å². The van der Waals surface area contributed by atoms with Crippen LogP contribution >= 0.6 is 0 Å². The Balaban J connectivity index is 1.14. The Kier molecular flexibility index (Phi) is 6.84. The van der Waals surface area contributed by atoms with Gasteiger partial charge in [-0.3, -0.25) is 14.4 Å². The molecule has 37 heavy (non-hydrogen) atoms. The molecule has 2 amide bonds. The molecule has 6 rings (SSSR count). The second-order valence-electron chi connectivity index (χ2n) is 11.5. The van der Waals surface area contributed by atoms with Gasteiger partial charge in [0.15, 0.2) is 5.78 Å². The van der Waals surface area contributed by atoms with Crippen LogP contribution < -0.4 is 5.32 Å². The van der Waals surface area contributed by atoms with Gasteiger partial charge in [-0.2, -0.15) is 0 Å². The van der Waals surface area contributed by atoms with Crippen LogP contribution in [-0.4, -0.2) is 90.1 Å². The minimum atomic E-state index is -0.986. The van der Waals surface area contributed by atoms with Gasteiger partial charge < -0.3 is 24.6 Å². The molecule has 200 valence electrons. The molecule has 0 aromatic heterocycles. The molecule has 1 aromatic carbocycles. The normalized spacial score (nSPS) is 30.0. The number of hydrogen-bond donors (Lipinski definition) is 1. The molecule has 3 heterocycles. The lowest BCUT2D eigenvalue weighted by molar-refractivity contribution is -0.142. The fraction of sp³-hybridized carbons (Fsp3) is 0.690. The van der Waals surface area contributed by atoms with Crippen molar-refractivity contribution in [2.24, 2.45) is 0 Å². The predicted octanol–water partition coefficient (Wildman–Crippen LogP) is 2.65. The summed E-state index contributed by atoms with van der Waals surface area (Å²) in [6.07, 6.45) is 7.21. The topological polar surface area (TPSA) is 88.2 Å². The molecule has 0 bridgehead atoms. The smallest absolute Gasteiger partial charge is 0.252 e. The second kappa shape index (κ2) is 10.1. The first kappa shape index (κ1) is 25.0. The summed E-state index contributed by atoms with van der Waals surface area (Å²) in [5, 5.41) is 3.12. The number of piperidine rings is 1. The Morgan fingerprint density at radius 3 is 2.43 bits per heavy atom. The lowest BCUT2D eigenvalue weighted by Gasteiger charge is -2.35. The highest BCUT2D eigenvalue weighted by atomic mass is 16.6. The summed E-state index contributed by atoms with van der Waals surface area (Å²) in [6, 6.07) is 8.17.